The number of carbonyl (C=O) groups is 1. The van der Waals surface area contributed by atoms with E-state index < -0.39 is 0 Å². The van der Waals surface area contributed by atoms with Gasteiger partial charge in [0, 0.05) is 19.1 Å². The number of piperidine rings is 1. The molecule has 1 aromatic carbocycles. The van der Waals surface area contributed by atoms with Crippen molar-refractivity contribution in [3.05, 3.63) is 36.4 Å². The number of amides is 1. The maximum Gasteiger partial charge on any atom is 0.307 e. The Kier molecular flexibility index (Phi) is 3.98. The second-order valence-electron chi connectivity index (χ2n) is 6.55. The molecule has 126 valence electrons. The summed E-state index contributed by atoms with van der Waals surface area (Å²) in [5, 5.41) is 3.06. The highest BCUT2D eigenvalue weighted by atomic mass is 16.5. The zero-order chi connectivity index (χ0) is 16.5. The summed E-state index contributed by atoms with van der Waals surface area (Å²) in [6.45, 7) is 3.24. The third-order valence-electron chi connectivity index (χ3n) is 4.87. The topological polar surface area (TPSA) is 67.6 Å². The van der Waals surface area contributed by atoms with Gasteiger partial charge in [-0.25, -0.2) is 4.98 Å². The molecule has 0 radical (unpaired) electrons. The molecule has 2 fully saturated rings. The number of rotatable bonds is 4. The van der Waals surface area contributed by atoms with Crippen LogP contribution in [0.4, 0.5) is 0 Å². The first-order valence-corrected chi connectivity index (χ1v) is 8.35. The van der Waals surface area contributed by atoms with Gasteiger partial charge < -0.3 is 19.4 Å². The summed E-state index contributed by atoms with van der Waals surface area (Å²) in [5.74, 6) is 1.78. The van der Waals surface area contributed by atoms with Gasteiger partial charge in [0.1, 0.15) is 5.75 Å². The van der Waals surface area contributed by atoms with Crippen LogP contribution in [0.2, 0.25) is 0 Å². The van der Waals surface area contributed by atoms with Crippen LogP contribution >= 0.6 is 0 Å². The normalized spacial score (nSPS) is 25.5. The quantitative estimate of drug-likeness (QED) is 0.932. The van der Waals surface area contributed by atoms with Crippen LogP contribution in [0.3, 0.4) is 0 Å². The van der Waals surface area contributed by atoms with Crippen molar-refractivity contribution in [2.24, 2.45) is 5.92 Å². The molecule has 1 N–H and O–H groups in total. The van der Waals surface area contributed by atoms with Gasteiger partial charge in [-0.2, -0.15) is 0 Å². The highest BCUT2D eigenvalue weighted by Gasteiger charge is 2.33. The molecule has 3 heterocycles. The van der Waals surface area contributed by atoms with E-state index in [1.54, 1.807) is 13.3 Å². The summed E-state index contributed by atoms with van der Waals surface area (Å²) in [7, 11) is 1.61. The summed E-state index contributed by atoms with van der Waals surface area (Å²) in [4.78, 5) is 19.0. The lowest BCUT2D eigenvalue weighted by Crippen LogP contribution is -2.47. The summed E-state index contributed by atoms with van der Waals surface area (Å²) < 4.78 is 11.0. The molecule has 24 heavy (non-hydrogen) atoms. The Labute approximate surface area is 140 Å². The standard InChI is InChI=1S/C18H21N3O3/c1-23-15-5-3-2-4-14(15)16-9-19-18(24-16)17(22)20-13-8-12-6-7-21(10-12)11-13/h2-5,9,12-13H,6-8,10-11H2,1H3,(H,20,22)/t12-,13+/m1/s1. The number of nitrogens with one attached hydrogen (secondary N) is 1. The lowest BCUT2D eigenvalue weighted by Gasteiger charge is -2.30. The van der Waals surface area contributed by atoms with Gasteiger partial charge in [-0.1, -0.05) is 12.1 Å². The van der Waals surface area contributed by atoms with Crippen molar-refractivity contribution < 1.29 is 13.9 Å². The van der Waals surface area contributed by atoms with Crippen molar-refractivity contribution in [1.29, 1.82) is 0 Å². The number of hydrogen-bond acceptors (Lipinski definition) is 5. The first kappa shape index (κ1) is 15.2. The second kappa shape index (κ2) is 6.28. The summed E-state index contributed by atoms with van der Waals surface area (Å²) in [5.41, 5.74) is 0.786. The average molecular weight is 327 g/mol. The van der Waals surface area contributed by atoms with E-state index in [0.717, 1.165) is 25.1 Å². The minimum Gasteiger partial charge on any atom is -0.496 e. The summed E-state index contributed by atoms with van der Waals surface area (Å²) >= 11 is 0. The number of oxazole rings is 1. The summed E-state index contributed by atoms with van der Waals surface area (Å²) in [6.07, 6.45) is 3.85. The maximum atomic E-state index is 12.4. The van der Waals surface area contributed by atoms with Crippen molar-refractivity contribution in [3.8, 4) is 17.1 Å². The minimum atomic E-state index is -0.247. The molecule has 2 aliphatic heterocycles. The summed E-state index contributed by atoms with van der Waals surface area (Å²) in [6, 6.07) is 7.70. The van der Waals surface area contributed by atoms with Gasteiger partial charge in [-0.3, -0.25) is 4.79 Å². The lowest BCUT2D eigenvalue weighted by molar-refractivity contribution is 0.0875. The molecular formula is C18H21N3O3. The van der Waals surface area contributed by atoms with Crippen LogP contribution in [-0.2, 0) is 0 Å². The molecule has 2 bridgehead atoms. The average Bonchev–Trinajstić information content (AvgIpc) is 3.22. The first-order chi connectivity index (χ1) is 11.7. The van der Waals surface area contributed by atoms with E-state index in [1.165, 1.54) is 13.0 Å². The predicted molar refractivity (Wildman–Crippen MR) is 88.9 cm³/mol. The number of benzene rings is 1. The number of fused-ring (bicyclic) bond motifs is 2. The number of hydrogen-bond donors (Lipinski definition) is 1. The predicted octanol–water partition coefficient (Wildman–Crippen LogP) is 2.17. The van der Waals surface area contributed by atoms with Gasteiger partial charge in [0.15, 0.2) is 5.76 Å². The van der Waals surface area contributed by atoms with Crippen LogP contribution < -0.4 is 10.1 Å². The van der Waals surface area contributed by atoms with E-state index in [9.17, 15) is 4.79 Å². The Morgan fingerprint density at radius 2 is 2.25 bits per heavy atom. The largest absolute Gasteiger partial charge is 0.496 e. The maximum absolute atomic E-state index is 12.4. The van der Waals surface area contributed by atoms with Gasteiger partial charge in [0.2, 0.25) is 0 Å². The molecule has 0 saturated carbocycles. The van der Waals surface area contributed by atoms with Crippen molar-refractivity contribution in [2.75, 3.05) is 26.7 Å². The van der Waals surface area contributed by atoms with Gasteiger partial charge in [-0.15, -0.1) is 0 Å². The number of para-hydroxylation sites is 1. The second-order valence-corrected chi connectivity index (χ2v) is 6.55. The van der Waals surface area contributed by atoms with Gasteiger partial charge in [-0.05, 0) is 37.4 Å². The number of ether oxygens (including phenoxy) is 1. The highest BCUT2D eigenvalue weighted by Crippen LogP contribution is 2.30. The van der Waals surface area contributed by atoms with Crippen LogP contribution in [0.15, 0.2) is 34.9 Å². The van der Waals surface area contributed by atoms with Gasteiger partial charge >= 0.3 is 5.91 Å². The number of aromatic nitrogens is 1. The van der Waals surface area contributed by atoms with Crippen molar-refractivity contribution in [3.63, 3.8) is 0 Å². The molecule has 0 spiro atoms. The fourth-order valence-electron chi connectivity index (χ4n) is 3.76. The molecule has 1 amide bonds. The van der Waals surface area contributed by atoms with Crippen molar-refractivity contribution >= 4 is 5.91 Å². The molecule has 6 nitrogen and oxygen atoms in total. The fraction of sp³-hybridized carbons (Fsp3) is 0.444. The molecule has 2 aliphatic rings. The van der Waals surface area contributed by atoms with E-state index in [2.05, 4.69) is 15.2 Å². The zero-order valence-corrected chi connectivity index (χ0v) is 13.7. The Morgan fingerprint density at radius 3 is 3.08 bits per heavy atom. The molecular weight excluding hydrogens is 306 g/mol. The lowest BCUT2D eigenvalue weighted by atomic mass is 9.97. The van der Waals surface area contributed by atoms with Gasteiger partial charge in [0.25, 0.3) is 5.89 Å². The zero-order valence-electron chi connectivity index (χ0n) is 13.7. The number of nitrogens with zero attached hydrogens (tertiary/aromatic N) is 2. The van der Waals surface area contributed by atoms with Crippen molar-refractivity contribution in [2.45, 2.75) is 18.9 Å². The molecule has 3 atom stereocenters. The third-order valence-corrected chi connectivity index (χ3v) is 4.87. The Balaban J connectivity index is 1.47. The van der Waals surface area contributed by atoms with Crippen LogP contribution in [0.1, 0.15) is 23.5 Å². The molecule has 0 aliphatic carbocycles. The molecule has 2 aromatic rings. The van der Waals surface area contributed by atoms with Crippen LogP contribution in [0.25, 0.3) is 11.3 Å². The molecule has 2 saturated heterocycles. The highest BCUT2D eigenvalue weighted by molar-refractivity contribution is 5.90. The van der Waals surface area contributed by atoms with E-state index in [0.29, 0.717) is 17.4 Å². The van der Waals surface area contributed by atoms with Gasteiger partial charge in [0.05, 0.1) is 18.9 Å². The van der Waals surface area contributed by atoms with E-state index in [4.69, 9.17) is 9.15 Å². The Hall–Kier alpha value is -2.34. The Morgan fingerprint density at radius 1 is 1.38 bits per heavy atom. The fourth-order valence-corrected chi connectivity index (χ4v) is 3.76. The number of methoxy groups -OCH3 is 1. The molecule has 1 unspecified atom stereocenters. The molecule has 6 heteroatoms. The molecule has 4 rings (SSSR count). The van der Waals surface area contributed by atoms with Crippen LogP contribution in [0.5, 0.6) is 5.75 Å². The Bertz CT molecular complexity index is 731. The van der Waals surface area contributed by atoms with E-state index in [-0.39, 0.29) is 17.8 Å². The SMILES string of the molecule is COc1ccccc1-c1cnc(C(=O)N[C@H]2C[C@H]3CCN(C3)C2)o1. The molecule has 1 aromatic heterocycles. The smallest absolute Gasteiger partial charge is 0.307 e. The van der Waals surface area contributed by atoms with Crippen LogP contribution in [0, 0.1) is 5.92 Å². The van der Waals surface area contributed by atoms with Crippen LogP contribution in [-0.4, -0.2) is 48.6 Å². The minimum absolute atomic E-state index is 0.101. The third kappa shape index (κ3) is 2.89. The monoisotopic (exact) mass is 327 g/mol. The number of carbonyl (C=O) groups excluding carboxylic acids is 1. The van der Waals surface area contributed by atoms with Crippen molar-refractivity contribution in [1.82, 2.24) is 15.2 Å². The first-order valence-electron chi connectivity index (χ1n) is 8.35. The van der Waals surface area contributed by atoms with E-state index >= 15 is 0 Å². The van der Waals surface area contributed by atoms with E-state index in [1.807, 2.05) is 24.3 Å².